The van der Waals surface area contributed by atoms with Gasteiger partial charge in [-0.15, -0.1) is 0 Å². The van der Waals surface area contributed by atoms with Crippen LogP contribution in [0.25, 0.3) is 135 Å². The first-order valence-corrected chi connectivity index (χ1v) is 26.1. The van der Waals surface area contributed by atoms with Crippen LogP contribution in [0.4, 0.5) is 0 Å². The van der Waals surface area contributed by atoms with Gasteiger partial charge in [-0.3, -0.25) is 0 Å². The number of rotatable bonds is 12. The van der Waals surface area contributed by atoms with Crippen LogP contribution in [0, 0.1) is 0 Å². The Morgan fingerprint density at radius 1 is 0.128 bits per heavy atom. The predicted octanol–water partition coefficient (Wildman–Crippen LogP) is 18.1. The first-order valence-electron chi connectivity index (χ1n) is 26.1. The van der Waals surface area contributed by atoms with E-state index in [1.807, 2.05) is 24.3 Å². The van der Waals surface area contributed by atoms with Crippen LogP contribution in [0.5, 0.6) is 0 Å². The molecule has 0 fully saturated rings. The molecule has 0 spiro atoms. The second-order valence-corrected chi connectivity index (χ2v) is 19.1. The summed E-state index contributed by atoms with van der Waals surface area (Å²) in [5.41, 5.74) is 18.7. The Morgan fingerprint density at radius 2 is 0.308 bits per heavy atom. The van der Waals surface area contributed by atoms with Crippen LogP contribution >= 0.6 is 0 Å². The van der Waals surface area contributed by atoms with E-state index in [-0.39, 0.29) is 0 Å². The van der Waals surface area contributed by atoms with Gasteiger partial charge >= 0.3 is 0 Å². The van der Waals surface area contributed by atoms with Gasteiger partial charge in [-0.05, 0) is 78.9 Å². The van der Waals surface area contributed by atoms with E-state index >= 15 is 0 Å². The summed E-state index contributed by atoms with van der Waals surface area (Å²) in [6.45, 7) is 0. The number of aromatic nitrogens is 6. The van der Waals surface area contributed by atoms with Crippen molar-refractivity contribution < 1.29 is 0 Å². The highest BCUT2D eigenvalue weighted by Crippen LogP contribution is 2.37. The summed E-state index contributed by atoms with van der Waals surface area (Å²) in [5, 5.41) is 0. The van der Waals surface area contributed by atoms with E-state index in [0.717, 1.165) is 100 Å². The van der Waals surface area contributed by atoms with E-state index in [0.29, 0.717) is 34.9 Å². The average molecular weight is 997 g/mol. The van der Waals surface area contributed by atoms with Crippen LogP contribution in [-0.2, 0) is 0 Å². The van der Waals surface area contributed by atoms with Gasteiger partial charge in [0.15, 0.2) is 34.9 Å². The molecule has 366 valence electrons. The maximum atomic E-state index is 5.18. The van der Waals surface area contributed by atoms with Crippen LogP contribution in [0.15, 0.2) is 291 Å². The van der Waals surface area contributed by atoms with Gasteiger partial charge in [0.1, 0.15) is 0 Å². The largest absolute Gasteiger partial charge is 0.208 e. The van der Waals surface area contributed by atoms with Crippen molar-refractivity contribution in [2.75, 3.05) is 0 Å². The van der Waals surface area contributed by atoms with E-state index in [4.69, 9.17) is 29.9 Å². The summed E-state index contributed by atoms with van der Waals surface area (Å²) in [6, 6.07) is 101. The molecule has 2 aromatic heterocycles. The van der Waals surface area contributed by atoms with Crippen LogP contribution in [0.2, 0.25) is 0 Å². The molecule has 0 unspecified atom stereocenters. The summed E-state index contributed by atoms with van der Waals surface area (Å²) in [6.07, 6.45) is 0. The molecule has 6 heteroatoms. The fraction of sp³-hybridized carbons (Fsp3) is 0. The molecule has 0 N–H and O–H groups in total. The number of hydrogen-bond acceptors (Lipinski definition) is 6. The monoisotopic (exact) mass is 996 g/mol. The van der Waals surface area contributed by atoms with Crippen molar-refractivity contribution in [1.29, 1.82) is 0 Å². The molecule has 0 aliphatic carbocycles. The summed E-state index contributed by atoms with van der Waals surface area (Å²) in [4.78, 5) is 30.9. The summed E-state index contributed by atoms with van der Waals surface area (Å²) in [5.74, 6) is 3.57. The Balaban J connectivity index is 0.866. The van der Waals surface area contributed by atoms with Crippen molar-refractivity contribution in [2.45, 2.75) is 0 Å². The molecule has 2 heterocycles. The minimum Gasteiger partial charge on any atom is -0.208 e. The number of nitrogens with zero attached hydrogens (tertiary/aromatic N) is 6. The normalized spacial score (nSPS) is 11.1. The number of benzene rings is 11. The van der Waals surface area contributed by atoms with Crippen molar-refractivity contribution >= 4 is 0 Å². The third-order valence-corrected chi connectivity index (χ3v) is 14.1. The second kappa shape index (κ2) is 21.4. The highest BCUT2D eigenvalue weighted by Gasteiger charge is 2.18. The zero-order chi connectivity index (χ0) is 52.0. The molecule has 6 nitrogen and oxygen atoms in total. The Hall–Kier alpha value is -10.6. The van der Waals surface area contributed by atoms with Crippen LogP contribution in [0.1, 0.15) is 0 Å². The molecule has 0 atom stereocenters. The molecule has 13 aromatic rings. The molecule has 78 heavy (non-hydrogen) atoms. The van der Waals surface area contributed by atoms with Gasteiger partial charge in [0.25, 0.3) is 0 Å². The summed E-state index contributed by atoms with van der Waals surface area (Å²) in [7, 11) is 0. The van der Waals surface area contributed by atoms with Crippen LogP contribution in [-0.4, -0.2) is 29.9 Å². The molecule has 11 aromatic carbocycles. The maximum absolute atomic E-state index is 5.18. The molecule has 0 saturated heterocycles. The van der Waals surface area contributed by atoms with Gasteiger partial charge in [0, 0.05) is 33.4 Å². The van der Waals surface area contributed by atoms with Crippen LogP contribution < -0.4 is 0 Å². The predicted molar refractivity (Wildman–Crippen MR) is 318 cm³/mol. The fourth-order valence-electron chi connectivity index (χ4n) is 9.93. The summed E-state index contributed by atoms with van der Waals surface area (Å²) < 4.78 is 0. The minimum atomic E-state index is 0.585. The molecule has 0 saturated carbocycles. The quantitative estimate of drug-likeness (QED) is 0.121. The van der Waals surface area contributed by atoms with E-state index in [1.165, 1.54) is 0 Å². The van der Waals surface area contributed by atoms with Crippen molar-refractivity contribution in [2.24, 2.45) is 0 Å². The minimum absolute atomic E-state index is 0.585. The van der Waals surface area contributed by atoms with Crippen molar-refractivity contribution in [3.63, 3.8) is 0 Å². The zero-order valence-electron chi connectivity index (χ0n) is 42.4. The van der Waals surface area contributed by atoms with E-state index in [1.54, 1.807) is 0 Å². The van der Waals surface area contributed by atoms with Crippen molar-refractivity contribution in [3.8, 4) is 135 Å². The zero-order valence-corrected chi connectivity index (χ0v) is 42.4. The molecule has 0 aliphatic rings. The van der Waals surface area contributed by atoms with Crippen molar-refractivity contribution in [3.05, 3.63) is 291 Å². The highest BCUT2D eigenvalue weighted by atomic mass is 15.0. The van der Waals surface area contributed by atoms with Gasteiger partial charge in [0.05, 0.1) is 0 Å². The standard InChI is InChI=1S/C72H48N6/c1-5-17-49(18-6-1)53-31-39-57(40-32-53)67-73-68(58-41-33-54(34-42-58)50-19-7-2-8-20-50)76-71(75-67)63-27-15-25-61(47-63)65-29-13-14-30-66(65)62-26-16-28-64(48-62)72-77-69(59-43-35-55(36-44-59)51-21-9-3-10-22-51)74-70(78-72)60-45-37-56(38-46-60)52-23-11-4-12-24-52/h1-48H. The lowest BCUT2D eigenvalue weighted by molar-refractivity contribution is 1.07. The second-order valence-electron chi connectivity index (χ2n) is 19.1. The summed E-state index contributed by atoms with van der Waals surface area (Å²) >= 11 is 0. The molecule has 0 aliphatic heterocycles. The SMILES string of the molecule is c1ccc(-c2ccc(-c3nc(-c4ccc(-c5ccccc5)cc4)nc(-c4cccc(-c5ccccc5-c5cccc(-c6nc(-c7ccc(-c8ccccc8)cc7)nc(-c7ccc(-c8ccccc8)cc7)n6)c5)c4)n3)cc2)cc1. The van der Waals surface area contributed by atoms with Gasteiger partial charge < -0.3 is 0 Å². The smallest absolute Gasteiger partial charge is 0.164 e. The lowest BCUT2D eigenvalue weighted by atomic mass is 9.93. The van der Waals surface area contributed by atoms with Gasteiger partial charge in [-0.2, -0.15) is 0 Å². The molecule has 0 amide bonds. The van der Waals surface area contributed by atoms with Gasteiger partial charge in [0.2, 0.25) is 0 Å². The topological polar surface area (TPSA) is 77.3 Å². The first kappa shape index (κ1) is 47.2. The average Bonchev–Trinajstić information content (AvgIpc) is 3.57. The van der Waals surface area contributed by atoms with Gasteiger partial charge in [-0.1, -0.05) is 279 Å². The molecule has 0 bridgehead atoms. The third kappa shape index (κ3) is 10.0. The maximum Gasteiger partial charge on any atom is 0.164 e. The van der Waals surface area contributed by atoms with Crippen molar-refractivity contribution in [1.82, 2.24) is 29.9 Å². The number of hydrogen-bond donors (Lipinski definition) is 0. The molecule has 13 rings (SSSR count). The van der Waals surface area contributed by atoms with Crippen LogP contribution in [0.3, 0.4) is 0 Å². The van der Waals surface area contributed by atoms with E-state index in [2.05, 4.69) is 267 Å². The fourth-order valence-corrected chi connectivity index (χ4v) is 9.93. The Labute approximate surface area is 453 Å². The lowest BCUT2D eigenvalue weighted by Crippen LogP contribution is -2.00. The highest BCUT2D eigenvalue weighted by molar-refractivity contribution is 5.87. The third-order valence-electron chi connectivity index (χ3n) is 14.1. The van der Waals surface area contributed by atoms with Gasteiger partial charge in [-0.25, -0.2) is 29.9 Å². The molecular weight excluding hydrogens is 949 g/mol. The Morgan fingerprint density at radius 3 is 0.564 bits per heavy atom. The lowest BCUT2D eigenvalue weighted by Gasteiger charge is -2.14. The molecule has 0 radical (unpaired) electrons. The molecular formula is C72H48N6. The first-order chi connectivity index (χ1) is 38.6. The van der Waals surface area contributed by atoms with E-state index in [9.17, 15) is 0 Å². The Kier molecular flexibility index (Phi) is 12.9. The Bertz CT molecular complexity index is 3710. The van der Waals surface area contributed by atoms with E-state index < -0.39 is 0 Å².